The molecule has 0 radical (unpaired) electrons. The van der Waals surface area contributed by atoms with E-state index < -0.39 is 17.6 Å². The molecule has 10 heteroatoms. The summed E-state index contributed by atoms with van der Waals surface area (Å²) in [6.45, 7) is 5.43. The highest BCUT2D eigenvalue weighted by Gasteiger charge is 2.32. The van der Waals surface area contributed by atoms with E-state index in [-0.39, 0.29) is 5.56 Å². The predicted molar refractivity (Wildman–Crippen MR) is 120 cm³/mol. The molecule has 1 aliphatic heterocycles. The van der Waals surface area contributed by atoms with Crippen LogP contribution in [0.5, 0.6) is 0 Å². The molecular weight excluding hydrogens is 463 g/mol. The van der Waals surface area contributed by atoms with E-state index in [4.69, 9.17) is 16.3 Å². The van der Waals surface area contributed by atoms with Crippen LogP contribution in [0, 0.1) is 6.92 Å². The van der Waals surface area contributed by atoms with Gasteiger partial charge in [0.1, 0.15) is 0 Å². The first-order chi connectivity index (χ1) is 15.2. The molecule has 0 aliphatic carbocycles. The summed E-state index contributed by atoms with van der Waals surface area (Å²) >= 11 is 7.46. The molecule has 0 bridgehead atoms. The van der Waals surface area contributed by atoms with E-state index >= 15 is 0 Å². The largest absolute Gasteiger partial charge is 0.416 e. The molecule has 32 heavy (non-hydrogen) atoms. The summed E-state index contributed by atoms with van der Waals surface area (Å²) in [6, 6.07) is 8.06. The van der Waals surface area contributed by atoms with Crippen molar-refractivity contribution < 1.29 is 22.7 Å². The van der Waals surface area contributed by atoms with E-state index in [2.05, 4.69) is 9.88 Å². The highest BCUT2D eigenvalue weighted by Crippen LogP contribution is 2.34. The van der Waals surface area contributed by atoms with Crippen LogP contribution in [0.4, 0.5) is 18.3 Å². The Bertz CT molecular complexity index is 1130. The van der Waals surface area contributed by atoms with Gasteiger partial charge in [0.05, 0.1) is 29.0 Å². The molecule has 1 aliphatic rings. The van der Waals surface area contributed by atoms with Gasteiger partial charge in [0.2, 0.25) is 0 Å². The Morgan fingerprint density at radius 2 is 2.00 bits per heavy atom. The SMILES string of the molecule is Cc1cc(Cl)cc2sc(N(CCN3CCOCC3)C(=O)c3cccc(C(F)(F)F)c3)nc12. The number of alkyl halides is 3. The Kier molecular flexibility index (Phi) is 6.71. The normalized spacial score (nSPS) is 15.3. The second-order valence-corrected chi connectivity index (χ2v) is 9.00. The van der Waals surface area contributed by atoms with Crippen molar-refractivity contribution in [1.82, 2.24) is 9.88 Å². The Labute approximate surface area is 192 Å². The van der Waals surface area contributed by atoms with Crippen molar-refractivity contribution in [2.45, 2.75) is 13.1 Å². The molecule has 0 atom stereocenters. The number of ether oxygens (including phenoxy) is 1. The zero-order valence-corrected chi connectivity index (χ0v) is 18.9. The molecule has 0 spiro atoms. The third-order valence-corrected chi connectivity index (χ3v) is 6.54. The first-order valence-corrected chi connectivity index (χ1v) is 11.3. The van der Waals surface area contributed by atoms with Crippen LogP contribution in [-0.2, 0) is 10.9 Å². The number of anilines is 1. The van der Waals surface area contributed by atoms with Crippen molar-refractivity contribution in [2.24, 2.45) is 0 Å². The number of carbonyl (C=O) groups excluding carboxylic acids is 1. The van der Waals surface area contributed by atoms with Gasteiger partial charge in [0.25, 0.3) is 5.91 Å². The minimum absolute atomic E-state index is 0.0317. The van der Waals surface area contributed by atoms with E-state index in [0.29, 0.717) is 36.5 Å². The van der Waals surface area contributed by atoms with E-state index in [0.717, 1.165) is 41.0 Å². The second kappa shape index (κ2) is 9.35. The molecule has 0 N–H and O–H groups in total. The molecule has 1 saturated heterocycles. The van der Waals surface area contributed by atoms with Crippen molar-refractivity contribution in [2.75, 3.05) is 44.3 Å². The summed E-state index contributed by atoms with van der Waals surface area (Å²) in [5.74, 6) is -0.521. The Balaban J connectivity index is 1.69. The molecule has 4 rings (SSSR count). The lowest BCUT2D eigenvalue weighted by molar-refractivity contribution is -0.137. The van der Waals surface area contributed by atoms with Gasteiger partial charge >= 0.3 is 6.18 Å². The average Bonchev–Trinajstić information content (AvgIpc) is 3.18. The summed E-state index contributed by atoms with van der Waals surface area (Å²) in [4.78, 5) is 21.6. The lowest BCUT2D eigenvalue weighted by Gasteiger charge is -2.29. The maximum absolute atomic E-state index is 13.4. The number of halogens is 4. The maximum Gasteiger partial charge on any atom is 0.416 e. The minimum atomic E-state index is -4.53. The zero-order valence-electron chi connectivity index (χ0n) is 17.3. The van der Waals surface area contributed by atoms with Crippen LogP contribution in [0.15, 0.2) is 36.4 Å². The Morgan fingerprint density at radius 1 is 1.25 bits per heavy atom. The van der Waals surface area contributed by atoms with Crippen molar-refractivity contribution in [1.29, 1.82) is 0 Å². The highest BCUT2D eigenvalue weighted by atomic mass is 35.5. The van der Waals surface area contributed by atoms with Gasteiger partial charge in [-0.25, -0.2) is 4.98 Å². The van der Waals surface area contributed by atoms with Crippen LogP contribution in [0.25, 0.3) is 10.2 Å². The van der Waals surface area contributed by atoms with E-state index in [1.54, 1.807) is 12.1 Å². The molecule has 5 nitrogen and oxygen atoms in total. The number of fused-ring (bicyclic) bond motifs is 1. The fourth-order valence-electron chi connectivity index (χ4n) is 3.59. The molecule has 1 fully saturated rings. The van der Waals surface area contributed by atoms with Crippen LogP contribution in [0.3, 0.4) is 0 Å². The summed E-state index contributed by atoms with van der Waals surface area (Å²) in [5, 5.41) is 0.996. The molecule has 0 saturated carbocycles. The fourth-order valence-corrected chi connectivity index (χ4v) is 5.04. The van der Waals surface area contributed by atoms with E-state index in [1.807, 2.05) is 6.92 Å². The Hall–Kier alpha value is -2.20. The molecule has 3 aromatic rings. The number of aryl methyl sites for hydroxylation is 1. The zero-order chi connectivity index (χ0) is 22.9. The summed E-state index contributed by atoms with van der Waals surface area (Å²) in [5.41, 5.74) is 0.705. The number of morpholine rings is 1. The third-order valence-electron chi connectivity index (χ3n) is 5.30. The van der Waals surface area contributed by atoms with Crippen molar-refractivity contribution in [3.05, 3.63) is 58.1 Å². The molecule has 2 aromatic carbocycles. The molecule has 0 unspecified atom stereocenters. The highest BCUT2D eigenvalue weighted by molar-refractivity contribution is 7.22. The number of aromatic nitrogens is 1. The molecular formula is C22H21ClF3N3O2S. The number of carbonyl (C=O) groups is 1. The Morgan fingerprint density at radius 3 is 2.72 bits per heavy atom. The number of hydrogen-bond donors (Lipinski definition) is 0. The number of thiazole rings is 1. The summed E-state index contributed by atoms with van der Waals surface area (Å²) in [6.07, 6.45) is -4.53. The van der Waals surface area contributed by atoms with Gasteiger partial charge in [0.15, 0.2) is 5.13 Å². The van der Waals surface area contributed by atoms with E-state index in [1.165, 1.54) is 28.4 Å². The number of nitrogens with zero attached hydrogens (tertiary/aromatic N) is 3. The molecule has 1 amide bonds. The molecule has 2 heterocycles. The first kappa shape index (κ1) is 23.0. The van der Waals surface area contributed by atoms with Crippen molar-refractivity contribution >= 4 is 44.2 Å². The van der Waals surface area contributed by atoms with Crippen molar-refractivity contribution in [3.8, 4) is 0 Å². The van der Waals surface area contributed by atoms with Crippen molar-refractivity contribution in [3.63, 3.8) is 0 Å². The topological polar surface area (TPSA) is 45.7 Å². The van der Waals surface area contributed by atoms with E-state index in [9.17, 15) is 18.0 Å². The molecule has 1 aromatic heterocycles. The van der Waals surface area contributed by atoms with Gasteiger partial charge in [0, 0.05) is 36.8 Å². The predicted octanol–water partition coefficient (Wildman–Crippen LogP) is 5.26. The second-order valence-electron chi connectivity index (χ2n) is 7.56. The van der Waals surface area contributed by atoms with Crippen LogP contribution >= 0.6 is 22.9 Å². The third kappa shape index (κ3) is 5.06. The van der Waals surface area contributed by atoms with Crippen LogP contribution in [0.2, 0.25) is 5.02 Å². The van der Waals surface area contributed by atoms with Gasteiger partial charge in [-0.3, -0.25) is 14.6 Å². The minimum Gasteiger partial charge on any atom is -0.379 e. The van der Waals surface area contributed by atoms with Gasteiger partial charge in [-0.1, -0.05) is 29.0 Å². The summed E-state index contributed by atoms with van der Waals surface area (Å²) < 4.78 is 45.8. The number of hydrogen-bond acceptors (Lipinski definition) is 5. The maximum atomic E-state index is 13.4. The lowest BCUT2D eigenvalue weighted by atomic mass is 10.1. The molecule has 170 valence electrons. The quantitative estimate of drug-likeness (QED) is 0.497. The fraction of sp³-hybridized carbons (Fsp3) is 0.364. The van der Waals surface area contributed by atoms with Gasteiger partial charge < -0.3 is 4.74 Å². The average molecular weight is 484 g/mol. The van der Waals surface area contributed by atoms with Gasteiger partial charge in [-0.15, -0.1) is 0 Å². The smallest absolute Gasteiger partial charge is 0.379 e. The number of benzene rings is 2. The summed E-state index contributed by atoms with van der Waals surface area (Å²) in [7, 11) is 0. The monoisotopic (exact) mass is 483 g/mol. The van der Waals surface area contributed by atoms with Gasteiger partial charge in [-0.2, -0.15) is 13.2 Å². The van der Waals surface area contributed by atoms with Gasteiger partial charge in [-0.05, 0) is 42.8 Å². The van der Waals surface area contributed by atoms with Crippen LogP contribution in [-0.4, -0.2) is 55.2 Å². The standard InChI is InChI=1S/C22H21ClF3N3O2S/c1-14-11-17(23)13-18-19(14)27-21(32-18)29(6-5-28-7-9-31-10-8-28)20(30)15-3-2-4-16(12-15)22(24,25)26/h2-4,11-13H,5-10H2,1H3. The van der Waals surface area contributed by atoms with Crippen LogP contribution in [0.1, 0.15) is 21.5 Å². The number of rotatable bonds is 5. The first-order valence-electron chi connectivity index (χ1n) is 10.1. The van der Waals surface area contributed by atoms with Crippen LogP contribution < -0.4 is 4.90 Å². The number of amides is 1. The lowest BCUT2D eigenvalue weighted by Crippen LogP contribution is -2.43.